The number of thiophene rings is 1. The normalized spacial score (nSPS) is 15.3. The van der Waals surface area contributed by atoms with Gasteiger partial charge in [-0.15, -0.1) is 21.5 Å². The molecule has 0 atom stereocenters. The van der Waals surface area contributed by atoms with Crippen molar-refractivity contribution >= 4 is 27.0 Å². The van der Waals surface area contributed by atoms with Gasteiger partial charge in [0.05, 0.1) is 10.6 Å². The Kier molecular flexibility index (Phi) is 4.77. The van der Waals surface area contributed by atoms with Crippen LogP contribution < -0.4 is 4.31 Å². The summed E-state index contributed by atoms with van der Waals surface area (Å²) in [5.41, 5.74) is 1.64. The highest BCUT2D eigenvalue weighted by atomic mass is 32.2. The van der Waals surface area contributed by atoms with Gasteiger partial charge in [-0.25, -0.2) is 8.42 Å². The van der Waals surface area contributed by atoms with Crippen molar-refractivity contribution in [3.63, 3.8) is 0 Å². The molecule has 3 aromatic rings. The van der Waals surface area contributed by atoms with E-state index < -0.39 is 10.0 Å². The first-order chi connectivity index (χ1) is 12.9. The summed E-state index contributed by atoms with van der Waals surface area (Å²) in [5, 5.41) is 8.29. The zero-order valence-corrected chi connectivity index (χ0v) is 16.9. The Morgan fingerprint density at radius 1 is 1.15 bits per heavy atom. The summed E-state index contributed by atoms with van der Waals surface area (Å²) in [6, 6.07) is 10.7. The monoisotopic (exact) mass is 403 g/mol. The number of sulfonamides is 1. The zero-order valence-electron chi connectivity index (χ0n) is 15.3. The topological polar surface area (TPSA) is 76.3 Å². The Morgan fingerprint density at radius 2 is 1.93 bits per heavy atom. The molecule has 142 valence electrons. The molecule has 6 nitrogen and oxygen atoms in total. The molecule has 0 unspecified atom stereocenters. The second-order valence-corrected chi connectivity index (χ2v) is 10.1. The minimum atomic E-state index is -3.64. The van der Waals surface area contributed by atoms with Crippen molar-refractivity contribution in [3.8, 4) is 10.8 Å². The van der Waals surface area contributed by atoms with Crippen molar-refractivity contribution < 1.29 is 12.8 Å². The van der Waals surface area contributed by atoms with Crippen LogP contribution in [0.4, 0.5) is 5.69 Å². The van der Waals surface area contributed by atoms with Gasteiger partial charge in [0.15, 0.2) is 0 Å². The van der Waals surface area contributed by atoms with Gasteiger partial charge in [0.2, 0.25) is 5.89 Å². The van der Waals surface area contributed by atoms with E-state index in [9.17, 15) is 8.42 Å². The van der Waals surface area contributed by atoms with E-state index in [0.29, 0.717) is 28.3 Å². The van der Waals surface area contributed by atoms with Crippen molar-refractivity contribution in [1.29, 1.82) is 0 Å². The van der Waals surface area contributed by atoms with Crippen LogP contribution in [0.5, 0.6) is 0 Å². The highest BCUT2D eigenvalue weighted by molar-refractivity contribution is 7.94. The van der Waals surface area contributed by atoms with Crippen molar-refractivity contribution in [3.05, 3.63) is 47.9 Å². The lowest BCUT2D eigenvalue weighted by Crippen LogP contribution is -2.25. The van der Waals surface area contributed by atoms with Gasteiger partial charge in [-0.1, -0.05) is 25.0 Å². The Morgan fingerprint density at radius 3 is 2.67 bits per heavy atom. The van der Waals surface area contributed by atoms with E-state index in [-0.39, 0.29) is 4.21 Å². The lowest BCUT2D eigenvalue weighted by molar-refractivity contribution is 0.458. The molecule has 1 saturated carbocycles. The molecule has 1 aliphatic rings. The lowest BCUT2D eigenvalue weighted by Gasteiger charge is -2.18. The maximum absolute atomic E-state index is 13.0. The second kappa shape index (κ2) is 7.09. The highest BCUT2D eigenvalue weighted by Gasteiger charge is 2.26. The van der Waals surface area contributed by atoms with Gasteiger partial charge >= 0.3 is 0 Å². The summed E-state index contributed by atoms with van der Waals surface area (Å²) in [7, 11) is -2.08. The third-order valence-electron chi connectivity index (χ3n) is 4.92. The van der Waals surface area contributed by atoms with Gasteiger partial charge in [0.1, 0.15) is 4.21 Å². The third kappa shape index (κ3) is 3.51. The predicted molar refractivity (Wildman–Crippen MR) is 106 cm³/mol. The number of anilines is 1. The smallest absolute Gasteiger partial charge is 0.273 e. The summed E-state index contributed by atoms with van der Waals surface area (Å²) in [5.74, 6) is 1.39. The van der Waals surface area contributed by atoms with E-state index in [4.69, 9.17) is 4.42 Å². The number of benzene rings is 1. The van der Waals surface area contributed by atoms with Crippen molar-refractivity contribution in [2.24, 2.45) is 0 Å². The minimum Gasteiger partial charge on any atom is -0.420 e. The van der Waals surface area contributed by atoms with Crippen LogP contribution in [0.15, 0.2) is 45.0 Å². The number of rotatable bonds is 5. The van der Waals surface area contributed by atoms with E-state index >= 15 is 0 Å². The lowest BCUT2D eigenvalue weighted by atomic mass is 10.1. The molecule has 0 aliphatic heterocycles. The van der Waals surface area contributed by atoms with E-state index in [1.165, 1.54) is 17.1 Å². The SMILES string of the molecule is Cc1cccc(N(C)S(=O)(=O)c2ccc(-c3nnc(C4CCCC4)o3)s2)c1. The average Bonchev–Trinajstić information content (AvgIpc) is 3.41. The second-order valence-electron chi connectivity index (χ2n) is 6.86. The Hall–Kier alpha value is -2.19. The van der Waals surface area contributed by atoms with Crippen LogP contribution in [0.25, 0.3) is 10.8 Å². The largest absolute Gasteiger partial charge is 0.420 e. The minimum absolute atomic E-state index is 0.252. The Bertz CT molecular complexity index is 1050. The maximum atomic E-state index is 13.0. The van der Waals surface area contributed by atoms with Crippen molar-refractivity contribution in [2.75, 3.05) is 11.4 Å². The first-order valence-electron chi connectivity index (χ1n) is 8.94. The van der Waals surface area contributed by atoms with Crippen molar-refractivity contribution in [1.82, 2.24) is 10.2 Å². The molecule has 2 heterocycles. The summed E-state index contributed by atoms with van der Waals surface area (Å²) >= 11 is 1.15. The van der Waals surface area contributed by atoms with Crippen LogP contribution in [0, 0.1) is 6.92 Å². The quantitative estimate of drug-likeness (QED) is 0.623. The molecule has 2 aromatic heterocycles. The molecular formula is C19H21N3O3S2. The zero-order chi connectivity index (χ0) is 19.0. The fourth-order valence-electron chi connectivity index (χ4n) is 3.34. The van der Waals surface area contributed by atoms with Gasteiger partial charge in [-0.2, -0.15) is 0 Å². The molecule has 1 aliphatic carbocycles. The maximum Gasteiger partial charge on any atom is 0.273 e. The number of hydrogen-bond acceptors (Lipinski definition) is 6. The molecule has 1 fully saturated rings. The molecule has 4 rings (SSSR count). The number of hydrogen-bond donors (Lipinski definition) is 0. The standard InChI is InChI=1S/C19H21N3O3S2/c1-13-6-5-9-15(12-13)22(2)27(23,24)17-11-10-16(26-17)19-21-20-18(25-19)14-7-3-4-8-14/h5-6,9-12,14H,3-4,7-8H2,1-2H3. The van der Waals surface area contributed by atoms with Crippen LogP contribution in [0.3, 0.4) is 0 Å². The van der Waals surface area contributed by atoms with Gasteiger partial charge < -0.3 is 4.42 Å². The van der Waals surface area contributed by atoms with Crippen LogP contribution in [0.2, 0.25) is 0 Å². The molecule has 0 amide bonds. The van der Waals surface area contributed by atoms with Gasteiger partial charge in [-0.05, 0) is 49.6 Å². The van der Waals surface area contributed by atoms with E-state index in [2.05, 4.69) is 10.2 Å². The van der Waals surface area contributed by atoms with Crippen molar-refractivity contribution in [2.45, 2.75) is 42.7 Å². The summed E-state index contributed by atoms with van der Waals surface area (Å²) < 4.78 is 33.3. The summed E-state index contributed by atoms with van der Waals surface area (Å²) in [6.07, 6.45) is 4.53. The average molecular weight is 404 g/mol. The van der Waals surface area contributed by atoms with Crippen LogP contribution in [0.1, 0.15) is 43.1 Å². The van der Waals surface area contributed by atoms with Crippen LogP contribution in [-0.4, -0.2) is 25.7 Å². The van der Waals surface area contributed by atoms with Gasteiger partial charge in [0, 0.05) is 13.0 Å². The number of aryl methyl sites for hydroxylation is 1. The van der Waals surface area contributed by atoms with E-state index in [1.807, 2.05) is 25.1 Å². The molecule has 0 saturated heterocycles. The van der Waals surface area contributed by atoms with Gasteiger partial charge in [0.25, 0.3) is 15.9 Å². The molecule has 27 heavy (non-hydrogen) atoms. The molecule has 0 N–H and O–H groups in total. The first-order valence-corrected chi connectivity index (χ1v) is 11.2. The summed E-state index contributed by atoms with van der Waals surface area (Å²) in [6.45, 7) is 1.94. The van der Waals surface area contributed by atoms with E-state index in [0.717, 1.165) is 29.7 Å². The molecule has 8 heteroatoms. The highest BCUT2D eigenvalue weighted by Crippen LogP contribution is 2.37. The van der Waals surface area contributed by atoms with E-state index in [1.54, 1.807) is 25.2 Å². The predicted octanol–water partition coefficient (Wildman–Crippen LogP) is 4.59. The fraction of sp³-hybridized carbons (Fsp3) is 0.368. The Labute approximate surface area is 162 Å². The Balaban J connectivity index is 1.60. The molecular weight excluding hydrogens is 382 g/mol. The molecule has 1 aromatic carbocycles. The van der Waals surface area contributed by atoms with Gasteiger partial charge in [-0.3, -0.25) is 4.31 Å². The number of nitrogens with zero attached hydrogens (tertiary/aromatic N) is 3. The fourth-order valence-corrected chi connectivity index (χ4v) is 5.93. The number of aromatic nitrogens is 2. The first kappa shape index (κ1) is 18.2. The molecule has 0 spiro atoms. The summed E-state index contributed by atoms with van der Waals surface area (Å²) in [4.78, 5) is 0.669. The molecule has 0 bridgehead atoms. The molecule has 0 radical (unpaired) electrons. The van der Waals surface area contributed by atoms with Crippen LogP contribution in [-0.2, 0) is 10.0 Å². The third-order valence-corrected chi connectivity index (χ3v) is 8.24. The van der Waals surface area contributed by atoms with Crippen LogP contribution >= 0.6 is 11.3 Å².